The van der Waals surface area contributed by atoms with Crippen LogP contribution in [0.4, 0.5) is 10.8 Å². The standard InChI is InChI=1S/C34H38N6O4S/c1-35-33-37-26(19-45-33)30-29(22-6-4-5-7-22)25-14-11-23(18-27(25)40(30)3)31(43)38-34(16-17-39(2)20-34)32(44)36-24-12-8-21(9-13-24)10-15-28(41)42/h8-15,18-19,22H,4-7,16-17,20H2,1-3H3,(H,35,37)(H,36,44)(H,38,43)(H,41,42)/b15-10+/t34-/m0/s1. The van der Waals surface area contributed by atoms with Gasteiger partial charge in [-0.3, -0.25) is 9.59 Å². The van der Waals surface area contributed by atoms with Gasteiger partial charge in [0.05, 0.1) is 5.69 Å². The highest BCUT2D eigenvalue weighted by molar-refractivity contribution is 7.14. The highest BCUT2D eigenvalue weighted by atomic mass is 32.1. The Morgan fingerprint density at radius 3 is 2.49 bits per heavy atom. The number of hydrogen-bond donors (Lipinski definition) is 4. The number of amides is 2. The van der Waals surface area contributed by atoms with Gasteiger partial charge in [0.15, 0.2) is 5.13 Å². The molecule has 0 spiro atoms. The number of aromatic nitrogens is 2. The van der Waals surface area contributed by atoms with E-state index in [1.54, 1.807) is 35.6 Å². The highest BCUT2D eigenvalue weighted by Crippen LogP contribution is 2.45. The quantitative estimate of drug-likeness (QED) is 0.180. The van der Waals surface area contributed by atoms with Gasteiger partial charge in [-0.2, -0.15) is 0 Å². The fourth-order valence-electron chi connectivity index (χ4n) is 6.77. The highest BCUT2D eigenvalue weighted by Gasteiger charge is 2.45. The predicted molar refractivity (Wildman–Crippen MR) is 179 cm³/mol. The van der Waals surface area contributed by atoms with E-state index in [-0.39, 0.29) is 11.8 Å². The third-order valence-corrected chi connectivity index (χ3v) is 9.92. The molecule has 2 aromatic carbocycles. The van der Waals surface area contributed by atoms with Gasteiger partial charge in [0.1, 0.15) is 11.2 Å². The fourth-order valence-corrected chi connectivity index (χ4v) is 7.43. The van der Waals surface area contributed by atoms with Crippen LogP contribution in [0.25, 0.3) is 28.4 Å². The van der Waals surface area contributed by atoms with Crippen molar-refractivity contribution in [2.45, 2.75) is 43.6 Å². The molecule has 0 radical (unpaired) electrons. The van der Waals surface area contributed by atoms with Crippen LogP contribution in [0, 0.1) is 0 Å². The number of thiazole rings is 1. The second-order valence-corrected chi connectivity index (χ2v) is 13.0. The molecular weight excluding hydrogens is 588 g/mol. The maximum Gasteiger partial charge on any atom is 0.328 e. The minimum Gasteiger partial charge on any atom is -0.478 e. The summed E-state index contributed by atoms with van der Waals surface area (Å²) in [6, 6.07) is 12.8. The Morgan fingerprint density at radius 1 is 1.09 bits per heavy atom. The molecule has 1 aliphatic heterocycles. The van der Waals surface area contributed by atoms with Gasteiger partial charge in [0.2, 0.25) is 0 Å². The van der Waals surface area contributed by atoms with Crippen molar-refractivity contribution in [1.29, 1.82) is 0 Å². The zero-order valence-corrected chi connectivity index (χ0v) is 26.5. The molecule has 1 aliphatic carbocycles. The van der Waals surface area contributed by atoms with Crippen molar-refractivity contribution in [1.82, 2.24) is 19.8 Å². The summed E-state index contributed by atoms with van der Waals surface area (Å²) in [4.78, 5) is 45.3. The number of carbonyl (C=O) groups is 3. The van der Waals surface area contributed by atoms with Crippen LogP contribution < -0.4 is 16.0 Å². The van der Waals surface area contributed by atoms with E-state index in [0.717, 1.165) is 46.3 Å². The lowest BCUT2D eigenvalue weighted by molar-refractivity contribution is -0.131. The molecule has 1 atom stereocenters. The summed E-state index contributed by atoms with van der Waals surface area (Å²) in [5, 5.41) is 22.2. The van der Waals surface area contributed by atoms with E-state index in [1.165, 1.54) is 24.5 Å². The third-order valence-electron chi connectivity index (χ3n) is 9.06. The van der Waals surface area contributed by atoms with E-state index in [4.69, 9.17) is 10.1 Å². The maximum atomic E-state index is 13.9. The summed E-state index contributed by atoms with van der Waals surface area (Å²) in [6.07, 6.45) is 7.74. The number of likely N-dealkylation sites (tertiary alicyclic amines) is 1. The van der Waals surface area contributed by atoms with Crippen LogP contribution in [0.5, 0.6) is 0 Å². The SMILES string of the molecule is CNc1nc(-c2c(C3CCCC3)c3ccc(C(=O)N[C@@]4(C(=O)Nc5ccc(/C=C/C(=O)O)cc5)CCN(C)C4)cc3n2C)cs1. The molecule has 10 nitrogen and oxygen atoms in total. The number of carboxylic acids is 1. The minimum absolute atomic E-state index is 0.288. The zero-order chi connectivity index (χ0) is 31.7. The molecule has 4 N–H and O–H groups in total. The van der Waals surface area contributed by atoms with Crippen LogP contribution in [-0.2, 0) is 16.6 Å². The number of aliphatic carboxylic acids is 1. The molecule has 2 aromatic heterocycles. The first-order valence-electron chi connectivity index (χ1n) is 15.3. The average molecular weight is 627 g/mol. The second-order valence-electron chi connectivity index (χ2n) is 12.1. The van der Waals surface area contributed by atoms with E-state index in [1.807, 2.05) is 38.2 Å². The maximum absolute atomic E-state index is 13.9. The minimum atomic E-state index is -1.11. The monoisotopic (exact) mass is 626 g/mol. The van der Waals surface area contributed by atoms with Crippen molar-refractivity contribution in [2.75, 3.05) is 37.8 Å². The lowest BCUT2D eigenvalue weighted by Crippen LogP contribution is -2.58. The van der Waals surface area contributed by atoms with Gasteiger partial charge in [-0.1, -0.05) is 31.0 Å². The van der Waals surface area contributed by atoms with Gasteiger partial charge in [-0.15, -0.1) is 11.3 Å². The Bertz CT molecular complexity index is 1790. The number of aryl methyl sites for hydroxylation is 1. The molecule has 3 heterocycles. The number of carbonyl (C=O) groups excluding carboxylic acids is 2. The van der Waals surface area contributed by atoms with Gasteiger partial charge < -0.3 is 30.5 Å². The summed E-state index contributed by atoms with van der Waals surface area (Å²) >= 11 is 1.58. The first-order valence-corrected chi connectivity index (χ1v) is 16.1. The van der Waals surface area contributed by atoms with Crippen LogP contribution in [0.3, 0.4) is 0 Å². The summed E-state index contributed by atoms with van der Waals surface area (Å²) in [5.74, 6) is -1.17. The average Bonchev–Trinajstić information content (AvgIpc) is 3.84. The smallest absolute Gasteiger partial charge is 0.328 e. The lowest BCUT2D eigenvalue weighted by atomic mass is 9.93. The Balaban J connectivity index is 1.29. The van der Waals surface area contributed by atoms with Crippen LogP contribution in [0.15, 0.2) is 53.9 Å². The van der Waals surface area contributed by atoms with Gasteiger partial charge >= 0.3 is 5.97 Å². The fraction of sp³-hybridized carbons (Fsp3) is 0.353. The molecule has 2 aliphatic rings. The molecular formula is C34H38N6O4S. The van der Waals surface area contributed by atoms with E-state index in [2.05, 4.69) is 32.0 Å². The number of fused-ring (bicyclic) bond motifs is 1. The summed E-state index contributed by atoms with van der Waals surface area (Å²) in [6.45, 7) is 1.05. The van der Waals surface area contributed by atoms with Crippen molar-refractivity contribution in [2.24, 2.45) is 7.05 Å². The van der Waals surface area contributed by atoms with Crippen molar-refractivity contribution in [3.8, 4) is 11.4 Å². The topological polar surface area (TPSA) is 129 Å². The molecule has 1 saturated carbocycles. The van der Waals surface area contributed by atoms with E-state index in [0.29, 0.717) is 42.2 Å². The molecule has 11 heteroatoms. The van der Waals surface area contributed by atoms with Crippen molar-refractivity contribution < 1.29 is 19.5 Å². The largest absolute Gasteiger partial charge is 0.478 e. The molecule has 4 aromatic rings. The number of benzene rings is 2. The van der Waals surface area contributed by atoms with Crippen molar-refractivity contribution >= 4 is 56.9 Å². The van der Waals surface area contributed by atoms with E-state index < -0.39 is 11.5 Å². The molecule has 0 unspecified atom stereocenters. The molecule has 6 rings (SSSR count). The number of hydrogen-bond acceptors (Lipinski definition) is 7. The third kappa shape index (κ3) is 6.10. The van der Waals surface area contributed by atoms with Crippen LogP contribution >= 0.6 is 11.3 Å². The molecule has 1 saturated heterocycles. The zero-order valence-electron chi connectivity index (χ0n) is 25.7. The lowest BCUT2D eigenvalue weighted by Gasteiger charge is -2.29. The number of rotatable bonds is 9. The summed E-state index contributed by atoms with van der Waals surface area (Å²) < 4.78 is 2.16. The van der Waals surface area contributed by atoms with Crippen LogP contribution in [-0.4, -0.2) is 70.1 Å². The molecule has 0 bridgehead atoms. The number of nitrogens with one attached hydrogen (secondary N) is 3. The number of likely N-dealkylation sites (N-methyl/N-ethyl adjacent to an activating group) is 1. The van der Waals surface area contributed by atoms with Gasteiger partial charge in [-0.05, 0) is 73.7 Å². The van der Waals surface area contributed by atoms with Crippen LogP contribution in [0.2, 0.25) is 0 Å². The van der Waals surface area contributed by atoms with Crippen LogP contribution in [0.1, 0.15) is 59.5 Å². The Morgan fingerprint density at radius 2 is 1.84 bits per heavy atom. The number of anilines is 2. The summed E-state index contributed by atoms with van der Waals surface area (Å²) in [5.41, 5.74) is 4.97. The molecule has 45 heavy (non-hydrogen) atoms. The van der Waals surface area contributed by atoms with Crippen molar-refractivity contribution in [3.63, 3.8) is 0 Å². The molecule has 2 amide bonds. The van der Waals surface area contributed by atoms with Gasteiger partial charge in [-0.25, -0.2) is 9.78 Å². The Hall–Kier alpha value is -4.48. The Labute approximate surface area is 266 Å². The van der Waals surface area contributed by atoms with E-state index >= 15 is 0 Å². The molecule has 234 valence electrons. The first-order chi connectivity index (χ1) is 21.7. The van der Waals surface area contributed by atoms with Gasteiger partial charge in [0.25, 0.3) is 11.8 Å². The van der Waals surface area contributed by atoms with Crippen molar-refractivity contribution in [3.05, 3.63) is 70.6 Å². The number of nitrogens with zero attached hydrogens (tertiary/aromatic N) is 3. The predicted octanol–water partition coefficient (Wildman–Crippen LogP) is 5.54. The Kier molecular flexibility index (Phi) is 8.48. The number of carboxylic acid groups (broad SMARTS) is 1. The molecule has 2 fully saturated rings. The second kappa shape index (κ2) is 12.5. The van der Waals surface area contributed by atoms with E-state index in [9.17, 15) is 14.4 Å². The van der Waals surface area contributed by atoms with Gasteiger partial charge in [0, 0.05) is 60.8 Å². The summed E-state index contributed by atoms with van der Waals surface area (Å²) in [7, 11) is 5.85. The first kappa shape index (κ1) is 30.5. The normalized spacial score (nSPS) is 19.0.